The summed E-state index contributed by atoms with van der Waals surface area (Å²) in [7, 11) is 0. The van der Waals surface area contributed by atoms with Crippen molar-refractivity contribution in [2.75, 3.05) is 13.1 Å². The Morgan fingerprint density at radius 3 is 2.35 bits per heavy atom. The summed E-state index contributed by atoms with van der Waals surface area (Å²) in [6.07, 6.45) is 10.9. The number of carbonyl (C=O) groups excluding carboxylic acids is 1. The highest BCUT2D eigenvalue weighted by Crippen LogP contribution is 2.29. The van der Waals surface area contributed by atoms with Gasteiger partial charge in [0, 0.05) is 25.6 Å². The first-order chi connectivity index (χ1) is 9.16. The molecule has 0 aromatic rings. The summed E-state index contributed by atoms with van der Waals surface area (Å²) in [6.45, 7) is 3.94. The molecule has 1 atom stereocenters. The van der Waals surface area contributed by atoms with E-state index in [9.17, 15) is 4.79 Å². The number of halogens is 1. The van der Waals surface area contributed by atoms with Gasteiger partial charge in [-0.15, -0.1) is 12.4 Å². The van der Waals surface area contributed by atoms with E-state index in [0.717, 1.165) is 44.7 Å². The van der Waals surface area contributed by atoms with Crippen molar-refractivity contribution in [3.8, 4) is 0 Å². The van der Waals surface area contributed by atoms with Gasteiger partial charge in [0.2, 0.25) is 5.91 Å². The number of rotatable bonds is 5. The third kappa shape index (κ3) is 5.25. The summed E-state index contributed by atoms with van der Waals surface area (Å²) in [5.41, 5.74) is 5.94. The summed E-state index contributed by atoms with van der Waals surface area (Å²) in [4.78, 5) is 14.2. The molecule has 4 heteroatoms. The van der Waals surface area contributed by atoms with Crippen molar-refractivity contribution in [3.05, 3.63) is 0 Å². The van der Waals surface area contributed by atoms with Crippen molar-refractivity contribution >= 4 is 18.3 Å². The van der Waals surface area contributed by atoms with Crippen LogP contribution in [0, 0.1) is 11.8 Å². The summed E-state index contributed by atoms with van der Waals surface area (Å²) in [5.74, 6) is 1.90. The van der Waals surface area contributed by atoms with Gasteiger partial charge in [0.15, 0.2) is 0 Å². The van der Waals surface area contributed by atoms with E-state index in [1.54, 1.807) is 0 Å². The van der Waals surface area contributed by atoms with Gasteiger partial charge >= 0.3 is 0 Å². The number of nitrogens with two attached hydrogens (primary N) is 1. The van der Waals surface area contributed by atoms with E-state index >= 15 is 0 Å². The topological polar surface area (TPSA) is 46.3 Å². The Morgan fingerprint density at radius 1 is 1.20 bits per heavy atom. The number of hydrogen-bond acceptors (Lipinski definition) is 2. The monoisotopic (exact) mass is 302 g/mol. The molecule has 3 nitrogen and oxygen atoms in total. The smallest absolute Gasteiger partial charge is 0.222 e. The van der Waals surface area contributed by atoms with Crippen LogP contribution in [0.25, 0.3) is 0 Å². The molecule has 0 radical (unpaired) electrons. The number of piperidine rings is 1. The van der Waals surface area contributed by atoms with Crippen LogP contribution in [0.1, 0.15) is 64.7 Å². The van der Waals surface area contributed by atoms with Gasteiger partial charge < -0.3 is 10.6 Å². The van der Waals surface area contributed by atoms with Gasteiger partial charge in [-0.25, -0.2) is 0 Å². The number of likely N-dealkylation sites (tertiary alicyclic amines) is 1. The highest BCUT2D eigenvalue weighted by Gasteiger charge is 2.24. The summed E-state index contributed by atoms with van der Waals surface area (Å²) >= 11 is 0. The molecule has 1 unspecified atom stereocenters. The maximum Gasteiger partial charge on any atom is 0.222 e. The molecule has 1 aliphatic carbocycles. The van der Waals surface area contributed by atoms with Crippen LogP contribution >= 0.6 is 12.4 Å². The molecule has 1 heterocycles. The van der Waals surface area contributed by atoms with Crippen molar-refractivity contribution in [2.24, 2.45) is 17.6 Å². The van der Waals surface area contributed by atoms with E-state index in [-0.39, 0.29) is 18.4 Å². The maximum absolute atomic E-state index is 12.1. The van der Waals surface area contributed by atoms with Crippen LogP contribution in [0.5, 0.6) is 0 Å². The molecule has 0 aromatic carbocycles. The Hall–Kier alpha value is -0.280. The van der Waals surface area contributed by atoms with Gasteiger partial charge in [0.1, 0.15) is 0 Å². The zero-order chi connectivity index (χ0) is 13.7. The molecule has 118 valence electrons. The fourth-order valence-corrected chi connectivity index (χ4v) is 3.67. The van der Waals surface area contributed by atoms with Crippen molar-refractivity contribution in [1.29, 1.82) is 0 Å². The molecule has 1 saturated carbocycles. The van der Waals surface area contributed by atoms with E-state index in [4.69, 9.17) is 5.73 Å². The standard InChI is InChI=1S/C16H30N2O.ClH/c1-13(17)15-9-11-18(12-10-15)16(19)8-4-7-14-5-2-3-6-14;/h13-15H,2-12,17H2,1H3;1H. The maximum atomic E-state index is 12.1. The van der Waals surface area contributed by atoms with Crippen LogP contribution in [0.2, 0.25) is 0 Å². The van der Waals surface area contributed by atoms with Gasteiger partial charge in [-0.3, -0.25) is 4.79 Å². The fraction of sp³-hybridized carbons (Fsp3) is 0.938. The molecule has 0 spiro atoms. The Bertz CT molecular complexity index is 282. The lowest BCUT2D eigenvalue weighted by Crippen LogP contribution is -2.42. The second-order valence-electron chi connectivity index (χ2n) is 6.62. The van der Waals surface area contributed by atoms with Crippen molar-refractivity contribution in [2.45, 2.75) is 70.8 Å². The predicted octanol–water partition coefficient (Wildman–Crippen LogP) is 3.35. The number of carbonyl (C=O) groups is 1. The summed E-state index contributed by atoms with van der Waals surface area (Å²) in [5, 5.41) is 0. The molecule has 2 rings (SSSR count). The second kappa shape index (κ2) is 8.89. The summed E-state index contributed by atoms with van der Waals surface area (Å²) in [6, 6.07) is 0.277. The first-order valence-electron chi connectivity index (χ1n) is 8.20. The number of hydrogen-bond donors (Lipinski definition) is 1. The minimum Gasteiger partial charge on any atom is -0.343 e. The number of amides is 1. The third-order valence-corrected chi connectivity index (χ3v) is 5.11. The molecule has 1 aliphatic heterocycles. The van der Waals surface area contributed by atoms with Crippen LogP contribution < -0.4 is 5.73 Å². The van der Waals surface area contributed by atoms with Crippen LogP contribution in [-0.2, 0) is 4.79 Å². The van der Waals surface area contributed by atoms with Crippen molar-refractivity contribution < 1.29 is 4.79 Å². The third-order valence-electron chi connectivity index (χ3n) is 5.11. The Labute approximate surface area is 130 Å². The molecule has 2 N–H and O–H groups in total. The van der Waals surface area contributed by atoms with E-state index in [1.165, 1.54) is 32.1 Å². The average molecular weight is 303 g/mol. The molecular formula is C16H31ClN2O. The van der Waals surface area contributed by atoms with Crippen LogP contribution in [0.4, 0.5) is 0 Å². The van der Waals surface area contributed by atoms with Crippen LogP contribution in [0.15, 0.2) is 0 Å². The van der Waals surface area contributed by atoms with Crippen molar-refractivity contribution in [3.63, 3.8) is 0 Å². The van der Waals surface area contributed by atoms with Crippen LogP contribution in [0.3, 0.4) is 0 Å². The first-order valence-corrected chi connectivity index (χ1v) is 8.20. The van der Waals surface area contributed by atoms with Gasteiger partial charge in [-0.1, -0.05) is 25.7 Å². The molecular weight excluding hydrogens is 272 g/mol. The van der Waals surface area contributed by atoms with E-state index in [2.05, 4.69) is 11.8 Å². The largest absolute Gasteiger partial charge is 0.343 e. The average Bonchev–Trinajstić information content (AvgIpc) is 2.92. The zero-order valence-electron chi connectivity index (χ0n) is 12.9. The molecule has 1 amide bonds. The quantitative estimate of drug-likeness (QED) is 0.846. The van der Waals surface area contributed by atoms with Gasteiger partial charge in [0.25, 0.3) is 0 Å². The Morgan fingerprint density at radius 2 is 1.80 bits per heavy atom. The normalized spacial score (nSPS) is 22.6. The lowest BCUT2D eigenvalue weighted by Gasteiger charge is -2.33. The first kappa shape index (κ1) is 17.8. The van der Waals surface area contributed by atoms with E-state index in [0.29, 0.717) is 11.8 Å². The SMILES string of the molecule is CC(N)C1CCN(C(=O)CCCC2CCCC2)CC1.Cl. The lowest BCUT2D eigenvalue weighted by molar-refractivity contribution is -0.132. The lowest BCUT2D eigenvalue weighted by atomic mass is 9.90. The Kier molecular flexibility index (Phi) is 7.90. The molecule has 1 saturated heterocycles. The molecule has 2 aliphatic rings. The van der Waals surface area contributed by atoms with Gasteiger partial charge in [-0.05, 0) is 44.4 Å². The number of nitrogens with zero attached hydrogens (tertiary/aromatic N) is 1. The zero-order valence-corrected chi connectivity index (χ0v) is 13.7. The second-order valence-corrected chi connectivity index (χ2v) is 6.62. The molecule has 20 heavy (non-hydrogen) atoms. The molecule has 0 bridgehead atoms. The minimum absolute atomic E-state index is 0. The highest BCUT2D eigenvalue weighted by atomic mass is 35.5. The molecule has 0 aromatic heterocycles. The Balaban J connectivity index is 0.00000200. The summed E-state index contributed by atoms with van der Waals surface area (Å²) < 4.78 is 0. The van der Waals surface area contributed by atoms with Gasteiger partial charge in [0.05, 0.1) is 0 Å². The predicted molar refractivity (Wildman–Crippen MR) is 86.0 cm³/mol. The van der Waals surface area contributed by atoms with Crippen molar-refractivity contribution in [1.82, 2.24) is 4.90 Å². The minimum atomic E-state index is 0. The van der Waals surface area contributed by atoms with Gasteiger partial charge in [-0.2, -0.15) is 0 Å². The molecule has 2 fully saturated rings. The van der Waals surface area contributed by atoms with E-state index in [1.807, 2.05) is 0 Å². The highest BCUT2D eigenvalue weighted by molar-refractivity contribution is 5.85. The van der Waals surface area contributed by atoms with Crippen LogP contribution in [-0.4, -0.2) is 29.9 Å². The van der Waals surface area contributed by atoms with E-state index < -0.39 is 0 Å². The fourth-order valence-electron chi connectivity index (χ4n) is 3.67.